The number of nitrogens with zero attached hydrogens (tertiary/aromatic N) is 2. The number of nitrogens with one attached hydrogen (secondary N) is 1. The first-order valence-corrected chi connectivity index (χ1v) is 3.90. The van der Waals surface area contributed by atoms with Crippen LogP contribution in [0.2, 0.25) is 0 Å². The van der Waals surface area contributed by atoms with Gasteiger partial charge in [0, 0.05) is 11.8 Å². The Labute approximate surface area is 77.8 Å². The van der Waals surface area contributed by atoms with Crippen molar-refractivity contribution in [2.75, 3.05) is 0 Å². The molecule has 0 aliphatic rings. The molecule has 6 nitrogen and oxygen atoms in total. The van der Waals surface area contributed by atoms with E-state index in [4.69, 9.17) is 5.11 Å². The normalized spacial score (nSPS) is 10.6. The van der Waals surface area contributed by atoms with Crippen molar-refractivity contribution in [1.29, 1.82) is 0 Å². The van der Waals surface area contributed by atoms with Gasteiger partial charge in [-0.15, -0.1) is 0 Å². The molecule has 0 saturated heterocycles. The number of carbonyl (C=O) groups is 1. The van der Waals surface area contributed by atoms with Gasteiger partial charge >= 0.3 is 5.97 Å². The van der Waals surface area contributed by atoms with Crippen molar-refractivity contribution >= 4 is 11.6 Å². The van der Waals surface area contributed by atoms with Crippen molar-refractivity contribution in [3.8, 4) is 0 Å². The third-order valence-corrected chi connectivity index (χ3v) is 1.92. The molecule has 14 heavy (non-hydrogen) atoms. The summed E-state index contributed by atoms with van der Waals surface area (Å²) in [7, 11) is 0. The second-order valence-electron chi connectivity index (χ2n) is 2.90. The van der Waals surface area contributed by atoms with Gasteiger partial charge in [0.05, 0.1) is 6.20 Å². The molecule has 0 spiro atoms. The lowest BCUT2D eigenvalue weighted by molar-refractivity contribution is 0.0699. The molecule has 2 rings (SSSR count). The molecule has 72 valence electrons. The molecule has 6 heteroatoms. The summed E-state index contributed by atoms with van der Waals surface area (Å²) < 4.78 is 1.38. The zero-order valence-electron chi connectivity index (χ0n) is 7.31. The number of fused-ring (bicyclic) bond motifs is 1. The van der Waals surface area contributed by atoms with Crippen LogP contribution in [0.25, 0.3) is 5.65 Å². The van der Waals surface area contributed by atoms with Gasteiger partial charge in [-0.3, -0.25) is 4.79 Å². The molecule has 0 saturated carbocycles. The molecule has 0 aromatic carbocycles. The van der Waals surface area contributed by atoms with E-state index in [2.05, 4.69) is 10.1 Å². The van der Waals surface area contributed by atoms with Crippen LogP contribution in [0.4, 0.5) is 0 Å². The van der Waals surface area contributed by atoms with E-state index in [1.807, 2.05) is 0 Å². The number of aromatic nitrogens is 3. The highest BCUT2D eigenvalue weighted by Crippen LogP contribution is 2.07. The fourth-order valence-electron chi connectivity index (χ4n) is 1.30. The van der Waals surface area contributed by atoms with E-state index in [1.165, 1.54) is 16.8 Å². The average molecular weight is 193 g/mol. The second-order valence-corrected chi connectivity index (χ2v) is 2.90. The summed E-state index contributed by atoms with van der Waals surface area (Å²) in [6.45, 7) is 1.68. The highest BCUT2D eigenvalue weighted by atomic mass is 16.4. The van der Waals surface area contributed by atoms with Crippen LogP contribution in [-0.2, 0) is 0 Å². The molecule has 0 unspecified atom stereocenters. The Balaban J connectivity index is 2.92. The van der Waals surface area contributed by atoms with Crippen molar-refractivity contribution in [2.45, 2.75) is 6.92 Å². The Morgan fingerprint density at radius 2 is 2.36 bits per heavy atom. The van der Waals surface area contributed by atoms with E-state index in [-0.39, 0.29) is 16.8 Å². The number of H-pyrrole nitrogens is 1. The Morgan fingerprint density at radius 1 is 1.64 bits per heavy atom. The van der Waals surface area contributed by atoms with Gasteiger partial charge in [-0.1, -0.05) is 0 Å². The van der Waals surface area contributed by atoms with Crippen LogP contribution in [0.1, 0.15) is 16.1 Å². The van der Waals surface area contributed by atoms with Gasteiger partial charge in [0.1, 0.15) is 5.56 Å². The van der Waals surface area contributed by atoms with Crippen LogP contribution >= 0.6 is 0 Å². The lowest BCUT2D eigenvalue weighted by Gasteiger charge is -1.97. The van der Waals surface area contributed by atoms with Crippen LogP contribution in [0, 0.1) is 6.92 Å². The maximum atomic E-state index is 11.1. The molecular weight excluding hydrogens is 186 g/mol. The lowest BCUT2D eigenvalue weighted by Crippen LogP contribution is -2.11. The third kappa shape index (κ3) is 1.08. The van der Waals surface area contributed by atoms with E-state index in [9.17, 15) is 9.59 Å². The summed E-state index contributed by atoms with van der Waals surface area (Å²) in [5.41, 5.74) is 0.461. The molecule has 2 heterocycles. The molecule has 2 aromatic rings. The molecule has 0 fully saturated rings. The fraction of sp³-hybridized carbons (Fsp3) is 0.125. The first-order chi connectivity index (χ1) is 6.59. The zero-order valence-corrected chi connectivity index (χ0v) is 7.31. The predicted molar refractivity (Wildman–Crippen MR) is 47.5 cm³/mol. The Morgan fingerprint density at radius 3 is 3.00 bits per heavy atom. The summed E-state index contributed by atoms with van der Waals surface area (Å²) in [6, 6.07) is 1.35. The third-order valence-electron chi connectivity index (χ3n) is 1.92. The van der Waals surface area contributed by atoms with Gasteiger partial charge < -0.3 is 10.1 Å². The molecule has 0 bridgehead atoms. The van der Waals surface area contributed by atoms with Crippen LogP contribution in [0.5, 0.6) is 0 Å². The highest BCUT2D eigenvalue weighted by molar-refractivity contribution is 5.94. The number of aromatic amines is 1. The fourth-order valence-corrected chi connectivity index (χ4v) is 1.30. The van der Waals surface area contributed by atoms with E-state index in [0.29, 0.717) is 5.69 Å². The molecular formula is C8H7N3O3. The van der Waals surface area contributed by atoms with E-state index in [1.54, 1.807) is 6.92 Å². The largest absolute Gasteiger partial charge is 0.477 e. The summed E-state index contributed by atoms with van der Waals surface area (Å²) in [6.07, 6.45) is 1.21. The molecule has 0 radical (unpaired) electrons. The number of rotatable bonds is 1. The predicted octanol–water partition coefficient (Wildman–Crippen LogP) is 0.0292. The van der Waals surface area contributed by atoms with Crippen molar-refractivity contribution in [2.24, 2.45) is 0 Å². The maximum Gasteiger partial charge on any atom is 0.341 e. The van der Waals surface area contributed by atoms with E-state index in [0.717, 1.165) is 0 Å². The number of carboxylic acid groups (broad SMARTS) is 1. The Kier molecular flexibility index (Phi) is 1.63. The van der Waals surface area contributed by atoms with Gasteiger partial charge in [0.25, 0.3) is 5.56 Å². The number of aromatic carboxylic acids is 1. The average Bonchev–Trinajstić information content (AvgIpc) is 2.47. The van der Waals surface area contributed by atoms with Crippen molar-refractivity contribution in [3.63, 3.8) is 0 Å². The zero-order chi connectivity index (χ0) is 10.3. The first-order valence-electron chi connectivity index (χ1n) is 3.90. The quantitative estimate of drug-likeness (QED) is 0.668. The van der Waals surface area contributed by atoms with Gasteiger partial charge in [0.15, 0.2) is 5.65 Å². The minimum atomic E-state index is -1.11. The SMILES string of the molecule is Cc1cc(=O)[nH]c2c(C(=O)O)cnn12. The van der Waals surface area contributed by atoms with Gasteiger partial charge in [0.2, 0.25) is 0 Å². The summed E-state index contributed by atoms with van der Waals surface area (Å²) in [5.74, 6) is -1.11. The van der Waals surface area contributed by atoms with Gasteiger partial charge in [-0.2, -0.15) is 5.10 Å². The van der Waals surface area contributed by atoms with Crippen molar-refractivity contribution in [3.05, 3.63) is 33.9 Å². The van der Waals surface area contributed by atoms with Crippen LogP contribution in [0.3, 0.4) is 0 Å². The summed E-state index contributed by atoms with van der Waals surface area (Å²) >= 11 is 0. The van der Waals surface area contributed by atoms with Gasteiger partial charge in [-0.05, 0) is 6.92 Å². The Bertz CT molecular complexity index is 567. The lowest BCUT2D eigenvalue weighted by atomic mass is 10.3. The van der Waals surface area contributed by atoms with Crippen LogP contribution in [-0.4, -0.2) is 25.7 Å². The molecule has 0 aliphatic heterocycles. The van der Waals surface area contributed by atoms with Crippen LogP contribution in [0.15, 0.2) is 17.1 Å². The topological polar surface area (TPSA) is 87.5 Å². The molecule has 0 amide bonds. The second kappa shape index (κ2) is 2.69. The summed E-state index contributed by atoms with van der Waals surface area (Å²) in [4.78, 5) is 24.2. The van der Waals surface area contributed by atoms with Crippen LogP contribution < -0.4 is 5.56 Å². The number of carboxylic acids is 1. The smallest absolute Gasteiger partial charge is 0.341 e. The first kappa shape index (κ1) is 8.49. The molecule has 2 aromatic heterocycles. The molecule has 2 N–H and O–H groups in total. The number of hydrogen-bond acceptors (Lipinski definition) is 3. The van der Waals surface area contributed by atoms with E-state index < -0.39 is 5.97 Å². The number of hydrogen-bond donors (Lipinski definition) is 2. The molecule has 0 aliphatic carbocycles. The van der Waals surface area contributed by atoms with E-state index >= 15 is 0 Å². The monoisotopic (exact) mass is 193 g/mol. The highest BCUT2D eigenvalue weighted by Gasteiger charge is 2.12. The Hall–Kier alpha value is -2.11. The minimum absolute atomic E-state index is 0.00852. The minimum Gasteiger partial charge on any atom is -0.477 e. The van der Waals surface area contributed by atoms with Crippen molar-refractivity contribution < 1.29 is 9.90 Å². The summed E-state index contributed by atoms with van der Waals surface area (Å²) in [5, 5.41) is 12.6. The number of aryl methyl sites for hydroxylation is 1. The van der Waals surface area contributed by atoms with Gasteiger partial charge in [-0.25, -0.2) is 9.31 Å². The molecule has 0 atom stereocenters. The maximum absolute atomic E-state index is 11.1. The standard InChI is InChI=1S/C8H7N3O3/c1-4-2-6(12)10-7-5(8(13)14)3-9-11(4)7/h2-3H,1H3,(H,10,12)(H,13,14). The van der Waals surface area contributed by atoms with Crippen molar-refractivity contribution in [1.82, 2.24) is 14.6 Å².